The first kappa shape index (κ1) is 10.1. The van der Waals surface area contributed by atoms with Gasteiger partial charge in [0.25, 0.3) is 0 Å². The second-order valence-electron chi connectivity index (χ2n) is 3.89. The van der Waals surface area contributed by atoms with E-state index in [2.05, 4.69) is 40.9 Å². The van der Waals surface area contributed by atoms with Gasteiger partial charge in [0.15, 0.2) is 0 Å². The predicted molar refractivity (Wildman–Crippen MR) is 69.4 cm³/mol. The Morgan fingerprint density at radius 3 is 2.93 bits per heavy atom. The Hall–Kier alpha value is -0.450. The summed E-state index contributed by atoms with van der Waals surface area (Å²) in [5, 5.41) is 3.55. The van der Waals surface area contributed by atoms with E-state index in [1.807, 2.05) is 12.1 Å². The van der Waals surface area contributed by atoms with Crippen molar-refractivity contribution in [1.82, 2.24) is 0 Å². The summed E-state index contributed by atoms with van der Waals surface area (Å²) in [5.74, 6) is 0.878. The molecule has 0 aliphatic heterocycles. The fraction of sp³-hybridized carbons (Fsp3) is 0.455. The first-order valence-electron chi connectivity index (χ1n) is 5.02. The second-order valence-corrected chi connectivity index (χ2v) is 5.06. The lowest BCUT2D eigenvalue weighted by atomic mass is 10.2. The van der Waals surface area contributed by atoms with E-state index in [-0.39, 0.29) is 0 Å². The fourth-order valence-corrected chi connectivity index (χ4v) is 2.42. The molecule has 3 N–H and O–H groups in total. The number of anilines is 2. The van der Waals surface area contributed by atoms with Gasteiger partial charge in [-0.05, 0) is 53.1 Å². The Balaban J connectivity index is 2.03. The lowest BCUT2D eigenvalue weighted by molar-refractivity contribution is 0.774. The number of nitrogen functional groups attached to an aromatic ring is 1. The highest BCUT2D eigenvalue weighted by Crippen LogP contribution is 2.37. The molecular formula is C11H15IN2. The lowest BCUT2D eigenvalue weighted by Gasteiger charge is -2.08. The van der Waals surface area contributed by atoms with Crippen molar-refractivity contribution in [2.45, 2.75) is 25.8 Å². The molecule has 0 amide bonds. The van der Waals surface area contributed by atoms with Crippen molar-refractivity contribution in [1.29, 1.82) is 0 Å². The molecule has 1 aliphatic carbocycles. The molecule has 1 aromatic rings. The fourth-order valence-electron chi connectivity index (χ4n) is 1.72. The summed E-state index contributed by atoms with van der Waals surface area (Å²) in [5.41, 5.74) is 7.75. The maximum atomic E-state index is 5.69. The number of nitrogens with one attached hydrogen (secondary N) is 1. The number of nitrogens with two attached hydrogens (primary N) is 1. The zero-order chi connectivity index (χ0) is 10.1. The number of halogens is 1. The van der Waals surface area contributed by atoms with Crippen LogP contribution in [0.1, 0.15) is 19.8 Å². The highest BCUT2D eigenvalue weighted by Gasteiger charge is 2.35. The third-order valence-corrected chi connectivity index (χ3v) is 3.67. The van der Waals surface area contributed by atoms with Gasteiger partial charge in [-0.3, -0.25) is 0 Å². The largest absolute Gasteiger partial charge is 0.399 e. The van der Waals surface area contributed by atoms with Crippen molar-refractivity contribution in [2.24, 2.45) is 5.92 Å². The zero-order valence-corrected chi connectivity index (χ0v) is 10.4. The van der Waals surface area contributed by atoms with Crippen molar-refractivity contribution in [2.75, 3.05) is 11.1 Å². The molecule has 0 saturated heterocycles. The summed E-state index contributed by atoms with van der Waals surface area (Å²) < 4.78 is 1.21. The van der Waals surface area contributed by atoms with Crippen LogP contribution >= 0.6 is 22.6 Å². The summed E-state index contributed by atoms with van der Waals surface area (Å²) in [6.45, 7) is 2.25. The van der Waals surface area contributed by atoms with Gasteiger partial charge < -0.3 is 11.1 Å². The van der Waals surface area contributed by atoms with Crippen LogP contribution in [0.2, 0.25) is 0 Å². The molecule has 1 fully saturated rings. The molecule has 2 atom stereocenters. The van der Waals surface area contributed by atoms with E-state index in [4.69, 9.17) is 5.73 Å². The molecule has 0 spiro atoms. The van der Waals surface area contributed by atoms with Gasteiger partial charge in [-0.15, -0.1) is 0 Å². The first-order valence-corrected chi connectivity index (χ1v) is 6.10. The van der Waals surface area contributed by atoms with E-state index in [1.165, 1.54) is 22.1 Å². The number of benzene rings is 1. The number of hydrogen-bond acceptors (Lipinski definition) is 2. The van der Waals surface area contributed by atoms with Crippen molar-refractivity contribution >= 4 is 34.0 Å². The molecule has 0 heterocycles. The molecule has 0 radical (unpaired) electrons. The maximum Gasteiger partial charge on any atom is 0.0479 e. The Morgan fingerprint density at radius 1 is 1.57 bits per heavy atom. The highest BCUT2D eigenvalue weighted by atomic mass is 127. The molecule has 2 unspecified atom stereocenters. The summed E-state index contributed by atoms with van der Waals surface area (Å²) in [6.07, 6.45) is 2.60. The Morgan fingerprint density at radius 2 is 2.36 bits per heavy atom. The highest BCUT2D eigenvalue weighted by molar-refractivity contribution is 14.1. The van der Waals surface area contributed by atoms with Crippen LogP contribution in [0.15, 0.2) is 18.2 Å². The quantitative estimate of drug-likeness (QED) is 0.665. The maximum absolute atomic E-state index is 5.69. The average molecular weight is 302 g/mol. The first-order chi connectivity index (χ1) is 6.70. The molecule has 3 heteroatoms. The van der Waals surface area contributed by atoms with Crippen LogP contribution in [0.3, 0.4) is 0 Å². The van der Waals surface area contributed by atoms with Gasteiger partial charge in [-0.25, -0.2) is 0 Å². The van der Waals surface area contributed by atoms with E-state index in [0.717, 1.165) is 11.6 Å². The molecule has 14 heavy (non-hydrogen) atoms. The molecule has 2 rings (SSSR count). The number of rotatable bonds is 3. The molecule has 76 valence electrons. The smallest absolute Gasteiger partial charge is 0.0479 e. The van der Waals surface area contributed by atoms with Crippen LogP contribution in [0, 0.1) is 9.49 Å². The number of hydrogen-bond donors (Lipinski definition) is 2. The minimum Gasteiger partial charge on any atom is -0.399 e. The third-order valence-electron chi connectivity index (χ3n) is 2.78. The van der Waals surface area contributed by atoms with Crippen LogP contribution in [-0.2, 0) is 0 Å². The van der Waals surface area contributed by atoms with Crippen LogP contribution in [0.5, 0.6) is 0 Å². The van der Waals surface area contributed by atoms with Crippen molar-refractivity contribution in [3.05, 3.63) is 21.8 Å². The Labute approximate surface area is 98.4 Å². The normalized spacial score (nSPS) is 24.7. The van der Waals surface area contributed by atoms with Gasteiger partial charge in [0, 0.05) is 21.0 Å². The van der Waals surface area contributed by atoms with Crippen molar-refractivity contribution in [3.63, 3.8) is 0 Å². The van der Waals surface area contributed by atoms with E-state index in [9.17, 15) is 0 Å². The SMILES string of the molecule is CCC1CC1Nc1ccc(N)cc1I. The summed E-state index contributed by atoms with van der Waals surface area (Å²) >= 11 is 2.32. The van der Waals surface area contributed by atoms with E-state index in [1.54, 1.807) is 0 Å². The summed E-state index contributed by atoms with van der Waals surface area (Å²) in [6, 6.07) is 6.72. The monoisotopic (exact) mass is 302 g/mol. The average Bonchev–Trinajstić information content (AvgIpc) is 2.89. The molecule has 2 nitrogen and oxygen atoms in total. The molecule has 1 saturated carbocycles. The Bertz CT molecular complexity index is 338. The second kappa shape index (κ2) is 3.96. The third kappa shape index (κ3) is 2.13. The molecular weight excluding hydrogens is 287 g/mol. The summed E-state index contributed by atoms with van der Waals surface area (Å²) in [4.78, 5) is 0. The van der Waals surface area contributed by atoms with Gasteiger partial charge in [-0.1, -0.05) is 13.3 Å². The van der Waals surface area contributed by atoms with E-state index < -0.39 is 0 Å². The molecule has 0 bridgehead atoms. The van der Waals surface area contributed by atoms with E-state index >= 15 is 0 Å². The van der Waals surface area contributed by atoms with Gasteiger partial charge in [-0.2, -0.15) is 0 Å². The van der Waals surface area contributed by atoms with Crippen molar-refractivity contribution in [3.8, 4) is 0 Å². The molecule has 1 aromatic carbocycles. The minimum atomic E-state index is 0.692. The zero-order valence-electron chi connectivity index (χ0n) is 8.26. The van der Waals surface area contributed by atoms with Crippen LogP contribution < -0.4 is 11.1 Å². The van der Waals surface area contributed by atoms with Crippen LogP contribution in [0.25, 0.3) is 0 Å². The van der Waals surface area contributed by atoms with Crippen LogP contribution in [-0.4, -0.2) is 6.04 Å². The predicted octanol–water partition coefficient (Wildman–Crippen LogP) is 3.08. The minimum absolute atomic E-state index is 0.692. The standard InChI is InChI=1S/C11H15IN2/c1-2-7-5-11(7)14-10-4-3-8(13)6-9(10)12/h3-4,6-7,11,14H,2,5,13H2,1H3. The van der Waals surface area contributed by atoms with Gasteiger partial charge >= 0.3 is 0 Å². The van der Waals surface area contributed by atoms with E-state index in [0.29, 0.717) is 6.04 Å². The lowest BCUT2D eigenvalue weighted by Crippen LogP contribution is -2.05. The summed E-state index contributed by atoms with van der Waals surface area (Å²) in [7, 11) is 0. The van der Waals surface area contributed by atoms with Crippen molar-refractivity contribution < 1.29 is 0 Å². The van der Waals surface area contributed by atoms with Gasteiger partial charge in [0.1, 0.15) is 0 Å². The van der Waals surface area contributed by atoms with Crippen LogP contribution in [0.4, 0.5) is 11.4 Å². The van der Waals surface area contributed by atoms with Gasteiger partial charge in [0.05, 0.1) is 0 Å². The van der Waals surface area contributed by atoms with Gasteiger partial charge in [0.2, 0.25) is 0 Å². The molecule has 0 aromatic heterocycles. The Kier molecular flexibility index (Phi) is 2.85. The molecule has 1 aliphatic rings. The topological polar surface area (TPSA) is 38.0 Å².